The van der Waals surface area contributed by atoms with Gasteiger partial charge in [-0.25, -0.2) is 16.8 Å². The van der Waals surface area contributed by atoms with E-state index in [2.05, 4.69) is 4.72 Å². The van der Waals surface area contributed by atoms with E-state index in [1.165, 1.54) is 10.4 Å². The number of benzene rings is 2. The first-order valence-corrected chi connectivity index (χ1v) is 12.0. The van der Waals surface area contributed by atoms with Crippen LogP contribution in [-0.2, 0) is 20.0 Å². The van der Waals surface area contributed by atoms with E-state index in [1.54, 1.807) is 44.2 Å². The summed E-state index contributed by atoms with van der Waals surface area (Å²) >= 11 is 5.97. The molecule has 0 aliphatic carbocycles. The summed E-state index contributed by atoms with van der Waals surface area (Å²) in [6.07, 6.45) is 1.36. The van der Waals surface area contributed by atoms with E-state index >= 15 is 0 Å². The van der Waals surface area contributed by atoms with Gasteiger partial charge in [-0.05, 0) is 62.1 Å². The zero-order valence-electron chi connectivity index (χ0n) is 15.1. The number of sulfonamides is 2. The summed E-state index contributed by atoms with van der Waals surface area (Å²) in [5.41, 5.74) is 2.01. The summed E-state index contributed by atoms with van der Waals surface area (Å²) in [5, 5.41) is 0.420. The van der Waals surface area contributed by atoms with Crippen LogP contribution in [0.2, 0.25) is 5.02 Å². The van der Waals surface area contributed by atoms with Crippen LogP contribution in [0.1, 0.15) is 24.0 Å². The summed E-state index contributed by atoms with van der Waals surface area (Å²) in [4.78, 5) is 0.0418. The van der Waals surface area contributed by atoms with Gasteiger partial charge in [0.15, 0.2) is 0 Å². The normalized spacial score (nSPS) is 16.9. The molecule has 0 saturated carbocycles. The van der Waals surface area contributed by atoms with Crippen molar-refractivity contribution >= 4 is 43.0 Å². The molecule has 1 fully saturated rings. The number of nitrogens with one attached hydrogen (secondary N) is 1. The van der Waals surface area contributed by atoms with E-state index in [1.807, 2.05) is 0 Å². The lowest BCUT2D eigenvalue weighted by Gasteiger charge is -2.28. The number of rotatable bonds is 4. The number of nitrogens with zero attached hydrogens (tertiary/aromatic N) is 1. The van der Waals surface area contributed by atoms with Crippen molar-refractivity contribution in [1.82, 2.24) is 0 Å². The topological polar surface area (TPSA) is 83.6 Å². The Morgan fingerprint density at radius 2 is 1.74 bits per heavy atom. The number of anilines is 2. The minimum atomic E-state index is -3.91. The molecule has 1 aliphatic heterocycles. The third-order valence-electron chi connectivity index (χ3n) is 4.54. The fraction of sp³-hybridized carbons (Fsp3) is 0.333. The van der Waals surface area contributed by atoms with Gasteiger partial charge in [-0.3, -0.25) is 9.03 Å². The van der Waals surface area contributed by atoms with Crippen LogP contribution in [0.4, 0.5) is 11.4 Å². The van der Waals surface area contributed by atoms with Gasteiger partial charge in [0, 0.05) is 11.6 Å². The monoisotopic (exact) mass is 428 g/mol. The van der Waals surface area contributed by atoms with Crippen LogP contribution < -0.4 is 9.03 Å². The second kappa shape index (κ2) is 7.33. The zero-order valence-corrected chi connectivity index (χ0v) is 17.5. The highest BCUT2D eigenvalue weighted by Gasteiger charge is 2.28. The molecule has 1 heterocycles. The highest BCUT2D eigenvalue weighted by molar-refractivity contribution is 7.93. The van der Waals surface area contributed by atoms with Crippen molar-refractivity contribution in [2.45, 2.75) is 31.6 Å². The van der Waals surface area contributed by atoms with Gasteiger partial charge >= 0.3 is 0 Å². The second-order valence-electron chi connectivity index (χ2n) is 6.61. The van der Waals surface area contributed by atoms with Crippen LogP contribution in [0.25, 0.3) is 0 Å². The van der Waals surface area contributed by atoms with Gasteiger partial charge < -0.3 is 0 Å². The van der Waals surface area contributed by atoms with Gasteiger partial charge in [0.05, 0.1) is 22.0 Å². The zero-order chi connectivity index (χ0) is 19.8. The Bertz CT molecular complexity index is 1080. The van der Waals surface area contributed by atoms with Gasteiger partial charge in [-0.15, -0.1) is 0 Å². The Labute approximate surface area is 165 Å². The van der Waals surface area contributed by atoms with Crippen LogP contribution in [0, 0.1) is 13.8 Å². The first-order valence-electron chi connectivity index (χ1n) is 8.50. The molecule has 27 heavy (non-hydrogen) atoms. The van der Waals surface area contributed by atoms with Crippen LogP contribution in [0.3, 0.4) is 0 Å². The molecule has 0 radical (unpaired) electrons. The quantitative estimate of drug-likeness (QED) is 0.804. The fourth-order valence-corrected chi connectivity index (χ4v) is 6.21. The van der Waals surface area contributed by atoms with Crippen molar-refractivity contribution in [1.29, 1.82) is 0 Å². The summed E-state index contributed by atoms with van der Waals surface area (Å²) < 4.78 is 54.5. The molecule has 0 spiro atoms. The lowest BCUT2D eigenvalue weighted by Crippen LogP contribution is -2.38. The van der Waals surface area contributed by atoms with Gasteiger partial charge in [-0.1, -0.05) is 23.7 Å². The molecule has 0 unspecified atom stereocenters. The maximum Gasteiger partial charge on any atom is 0.262 e. The molecule has 1 aliphatic rings. The largest absolute Gasteiger partial charge is 0.279 e. The molecule has 2 aromatic rings. The van der Waals surface area contributed by atoms with Crippen molar-refractivity contribution in [3.05, 3.63) is 52.5 Å². The van der Waals surface area contributed by atoms with Crippen molar-refractivity contribution in [2.75, 3.05) is 21.3 Å². The Kier molecular flexibility index (Phi) is 5.42. The highest BCUT2D eigenvalue weighted by Crippen LogP contribution is 2.30. The van der Waals surface area contributed by atoms with Crippen molar-refractivity contribution in [2.24, 2.45) is 0 Å². The number of halogens is 1. The van der Waals surface area contributed by atoms with Gasteiger partial charge in [0.2, 0.25) is 10.0 Å². The number of aryl methyl sites for hydroxylation is 2. The van der Waals surface area contributed by atoms with Gasteiger partial charge in [0.1, 0.15) is 0 Å². The molecule has 6 nitrogen and oxygen atoms in total. The Morgan fingerprint density at radius 3 is 2.44 bits per heavy atom. The molecule has 146 valence electrons. The predicted octanol–water partition coefficient (Wildman–Crippen LogP) is 3.69. The minimum absolute atomic E-state index is 0.0418. The first kappa shape index (κ1) is 20.0. The van der Waals surface area contributed by atoms with E-state index in [4.69, 9.17) is 11.6 Å². The van der Waals surface area contributed by atoms with Crippen LogP contribution in [0.15, 0.2) is 41.3 Å². The molecular weight excluding hydrogens is 408 g/mol. The summed E-state index contributed by atoms with van der Waals surface area (Å²) in [6, 6.07) is 9.63. The summed E-state index contributed by atoms with van der Waals surface area (Å²) in [5.74, 6) is 0.0723. The van der Waals surface area contributed by atoms with Crippen LogP contribution in [0.5, 0.6) is 0 Å². The van der Waals surface area contributed by atoms with E-state index < -0.39 is 20.0 Å². The maximum atomic E-state index is 13.0. The van der Waals surface area contributed by atoms with E-state index in [0.29, 0.717) is 34.9 Å². The molecule has 0 atom stereocenters. The minimum Gasteiger partial charge on any atom is -0.279 e. The smallest absolute Gasteiger partial charge is 0.262 e. The average Bonchev–Trinajstić information content (AvgIpc) is 2.58. The van der Waals surface area contributed by atoms with Crippen molar-refractivity contribution < 1.29 is 16.8 Å². The molecule has 2 aromatic carbocycles. The summed E-state index contributed by atoms with van der Waals surface area (Å²) in [7, 11) is -7.33. The second-order valence-corrected chi connectivity index (χ2v) is 10.7. The average molecular weight is 429 g/mol. The van der Waals surface area contributed by atoms with Crippen LogP contribution >= 0.6 is 11.6 Å². The van der Waals surface area contributed by atoms with E-state index in [0.717, 1.165) is 12.0 Å². The molecule has 3 rings (SSSR count). The number of hydrogen-bond donors (Lipinski definition) is 1. The van der Waals surface area contributed by atoms with Crippen molar-refractivity contribution in [3.63, 3.8) is 0 Å². The lowest BCUT2D eigenvalue weighted by atomic mass is 10.2. The molecule has 0 aromatic heterocycles. The molecule has 0 amide bonds. The van der Waals surface area contributed by atoms with Gasteiger partial charge in [-0.2, -0.15) is 0 Å². The molecule has 1 N–H and O–H groups in total. The highest BCUT2D eigenvalue weighted by atomic mass is 35.5. The SMILES string of the molecule is Cc1ccc(Cl)cc1NS(=O)(=O)c1cc(N2CCCCS2(=O)=O)ccc1C. The Hall–Kier alpha value is -1.77. The Balaban J connectivity index is 2.02. The van der Waals surface area contributed by atoms with Crippen molar-refractivity contribution in [3.8, 4) is 0 Å². The van der Waals surface area contributed by atoms with Crippen LogP contribution in [-0.4, -0.2) is 29.1 Å². The number of hydrogen-bond acceptors (Lipinski definition) is 4. The standard InChI is InChI=1S/C18H21ClN2O4S2/c1-13-5-7-15(19)11-17(13)20-27(24,25)18-12-16(8-6-14(18)2)21-9-3-4-10-26(21,22)23/h5-8,11-12,20H,3-4,9-10H2,1-2H3. The molecule has 1 saturated heterocycles. The maximum absolute atomic E-state index is 13.0. The summed E-state index contributed by atoms with van der Waals surface area (Å²) in [6.45, 7) is 3.80. The third kappa shape index (κ3) is 4.23. The fourth-order valence-electron chi connectivity index (χ4n) is 3.02. The predicted molar refractivity (Wildman–Crippen MR) is 109 cm³/mol. The third-order valence-corrected chi connectivity index (χ3v) is 8.15. The lowest BCUT2D eigenvalue weighted by molar-refractivity contribution is 0.574. The molecular formula is C18H21ClN2O4S2. The first-order chi connectivity index (χ1) is 12.6. The van der Waals surface area contributed by atoms with E-state index in [9.17, 15) is 16.8 Å². The van der Waals surface area contributed by atoms with Gasteiger partial charge in [0.25, 0.3) is 10.0 Å². The van der Waals surface area contributed by atoms with E-state index in [-0.39, 0.29) is 10.6 Å². The Morgan fingerprint density at radius 1 is 1.04 bits per heavy atom. The molecule has 0 bridgehead atoms. The molecule has 9 heteroatoms.